The minimum atomic E-state index is -0.0582. The Morgan fingerprint density at radius 3 is 2.53 bits per heavy atom. The summed E-state index contributed by atoms with van der Waals surface area (Å²) in [7, 11) is 3.74. The molecule has 0 aliphatic carbocycles. The lowest BCUT2D eigenvalue weighted by molar-refractivity contribution is 0.104. The molecule has 0 bridgehead atoms. The quantitative estimate of drug-likeness (QED) is 0.620. The van der Waals surface area contributed by atoms with Crippen molar-refractivity contribution in [2.45, 2.75) is 0 Å². The highest BCUT2D eigenvalue weighted by atomic mass is 16.1. The molecule has 0 fully saturated rings. The molecule has 19 heavy (non-hydrogen) atoms. The Morgan fingerprint density at radius 2 is 1.84 bits per heavy atom. The molecule has 0 unspecified atom stereocenters. The van der Waals surface area contributed by atoms with Crippen LogP contribution in [0, 0.1) is 0 Å². The van der Waals surface area contributed by atoms with Gasteiger partial charge in [0.05, 0.1) is 0 Å². The van der Waals surface area contributed by atoms with Gasteiger partial charge in [-0.3, -0.25) is 14.8 Å². The first-order valence-electron chi connectivity index (χ1n) is 5.91. The van der Waals surface area contributed by atoms with Crippen molar-refractivity contribution in [3.8, 4) is 11.1 Å². The molecule has 2 aromatic heterocycles. The molecule has 0 spiro atoms. The molecule has 0 aliphatic rings. The van der Waals surface area contributed by atoms with E-state index >= 15 is 0 Å². The molecular formula is C15H15N3O. The smallest absolute Gasteiger partial charge is 0.188 e. The van der Waals surface area contributed by atoms with Crippen LogP contribution >= 0.6 is 0 Å². The zero-order chi connectivity index (χ0) is 13.7. The van der Waals surface area contributed by atoms with Crippen molar-refractivity contribution < 1.29 is 4.79 Å². The molecule has 0 amide bonds. The van der Waals surface area contributed by atoms with Gasteiger partial charge in [0.25, 0.3) is 0 Å². The predicted molar refractivity (Wildman–Crippen MR) is 74.6 cm³/mol. The summed E-state index contributed by atoms with van der Waals surface area (Å²) in [5.41, 5.74) is 2.48. The fraction of sp³-hybridized carbons (Fsp3) is 0.133. The second kappa shape index (κ2) is 5.91. The molecule has 4 nitrogen and oxygen atoms in total. The van der Waals surface area contributed by atoms with Gasteiger partial charge in [-0.2, -0.15) is 0 Å². The van der Waals surface area contributed by atoms with Gasteiger partial charge in [0.1, 0.15) is 0 Å². The molecule has 2 aromatic rings. The van der Waals surface area contributed by atoms with Crippen molar-refractivity contribution in [2.75, 3.05) is 14.1 Å². The molecule has 0 saturated carbocycles. The van der Waals surface area contributed by atoms with Crippen LogP contribution in [0.1, 0.15) is 10.4 Å². The van der Waals surface area contributed by atoms with E-state index < -0.39 is 0 Å². The summed E-state index contributed by atoms with van der Waals surface area (Å²) in [6.45, 7) is 0. The van der Waals surface area contributed by atoms with Gasteiger partial charge < -0.3 is 4.90 Å². The molecule has 2 rings (SSSR count). The molecule has 2 heterocycles. The highest BCUT2D eigenvalue weighted by Crippen LogP contribution is 2.18. The molecule has 0 N–H and O–H groups in total. The molecule has 0 atom stereocenters. The van der Waals surface area contributed by atoms with E-state index in [0.717, 1.165) is 11.1 Å². The van der Waals surface area contributed by atoms with Gasteiger partial charge >= 0.3 is 0 Å². The van der Waals surface area contributed by atoms with Crippen molar-refractivity contribution in [3.63, 3.8) is 0 Å². The van der Waals surface area contributed by atoms with E-state index in [1.54, 1.807) is 31.0 Å². The van der Waals surface area contributed by atoms with Gasteiger partial charge in [-0.05, 0) is 23.8 Å². The van der Waals surface area contributed by atoms with Crippen molar-refractivity contribution in [1.82, 2.24) is 14.9 Å². The highest BCUT2D eigenvalue weighted by molar-refractivity contribution is 6.04. The summed E-state index contributed by atoms with van der Waals surface area (Å²) in [6, 6.07) is 5.62. The van der Waals surface area contributed by atoms with Crippen LogP contribution in [-0.2, 0) is 0 Å². The highest BCUT2D eigenvalue weighted by Gasteiger charge is 2.05. The normalized spacial score (nSPS) is 10.6. The number of rotatable bonds is 4. The molecular weight excluding hydrogens is 238 g/mol. The molecule has 4 heteroatoms. The molecule has 0 radical (unpaired) electrons. The summed E-state index contributed by atoms with van der Waals surface area (Å²) >= 11 is 0. The number of hydrogen-bond acceptors (Lipinski definition) is 4. The maximum Gasteiger partial charge on any atom is 0.188 e. The van der Waals surface area contributed by atoms with Crippen LogP contribution in [0.25, 0.3) is 11.1 Å². The first-order valence-corrected chi connectivity index (χ1v) is 5.91. The third-order valence-electron chi connectivity index (χ3n) is 2.56. The van der Waals surface area contributed by atoms with Crippen LogP contribution in [0.4, 0.5) is 0 Å². The maximum absolute atomic E-state index is 12.0. The average Bonchev–Trinajstić information content (AvgIpc) is 2.46. The van der Waals surface area contributed by atoms with E-state index in [0.29, 0.717) is 5.56 Å². The maximum atomic E-state index is 12.0. The summed E-state index contributed by atoms with van der Waals surface area (Å²) in [4.78, 5) is 21.9. The largest absolute Gasteiger partial charge is 0.383 e. The lowest BCUT2D eigenvalue weighted by atomic mass is 10.1. The lowest BCUT2D eigenvalue weighted by Crippen LogP contribution is -2.03. The second-order valence-corrected chi connectivity index (χ2v) is 4.34. The van der Waals surface area contributed by atoms with Crippen LogP contribution < -0.4 is 0 Å². The first kappa shape index (κ1) is 13.0. The number of pyridine rings is 2. The number of nitrogens with zero attached hydrogens (tertiary/aromatic N) is 3. The summed E-state index contributed by atoms with van der Waals surface area (Å²) in [5, 5.41) is 0. The Balaban J connectivity index is 2.28. The minimum Gasteiger partial charge on any atom is -0.383 e. The van der Waals surface area contributed by atoms with Crippen LogP contribution in [0.5, 0.6) is 0 Å². The molecule has 0 aromatic carbocycles. The van der Waals surface area contributed by atoms with Crippen LogP contribution in [0.15, 0.2) is 55.3 Å². The van der Waals surface area contributed by atoms with Gasteiger partial charge in [-0.25, -0.2) is 0 Å². The standard InChI is InChI=1S/C15H15N3O/c1-18(2)8-5-15(19)14-9-13(10-17-11-14)12-3-6-16-7-4-12/h3-11H,1-2H3. The van der Waals surface area contributed by atoms with Crippen molar-refractivity contribution in [3.05, 3.63) is 60.8 Å². The van der Waals surface area contributed by atoms with E-state index in [-0.39, 0.29) is 5.78 Å². The zero-order valence-electron chi connectivity index (χ0n) is 10.9. The topological polar surface area (TPSA) is 46.1 Å². The van der Waals surface area contributed by atoms with Gasteiger partial charge in [0, 0.05) is 62.3 Å². The number of allylic oxidation sites excluding steroid dienone is 1. The van der Waals surface area contributed by atoms with Gasteiger partial charge in [0.2, 0.25) is 0 Å². The molecule has 0 aliphatic heterocycles. The Kier molecular flexibility index (Phi) is 4.03. The van der Waals surface area contributed by atoms with Gasteiger partial charge in [0.15, 0.2) is 5.78 Å². The van der Waals surface area contributed by atoms with Crippen molar-refractivity contribution in [1.29, 1.82) is 0 Å². The second-order valence-electron chi connectivity index (χ2n) is 4.34. The fourth-order valence-corrected chi connectivity index (χ4v) is 1.59. The van der Waals surface area contributed by atoms with E-state index in [4.69, 9.17) is 0 Å². The number of aromatic nitrogens is 2. The SMILES string of the molecule is CN(C)C=CC(=O)c1cncc(-c2ccncc2)c1. The Labute approximate surface area is 112 Å². The van der Waals surface area contributed by atoms with Crippen LogP contribution in [0.2, 0.25) is 0 Å². The van der Waals surface area contributed by atoms with Crippen LogP contribution in [0.3, 0.4) is 0 Å². The van der Waals surface area contributed by atoms with Gasteiger partial charge in [-0.1, -0.05) is 0 Å². The Morgan fingerprint density at radius 1 is 1.11 bits per heavy atom. The average molecular weight is 253 g/mol. The molecule has 0 saturated heterocycles. The number of carbonyl (C=O) groups excluding carboxylic acids is 1. The number of ketones is 1. The van der Waals surface area contributed by atoms with E-state index in [1.165, 1.54) is 6.08 Å². The Bertz CT molecular complexity index is 591. The number of hydrogen-bond donors (Lipinski definition) is 0. The lowest BCUT2D eigenvalue weighted by Gasteiger charge is -2.04. The molecule has 96 valence electrons. The van der Waals surface area contributed by atoms with Crippen LogP contribution in [-0.4, -0.2) is 34.7 Å². The monoisotopic (exact) mass is 253 g/mol. The fourth-order valence-electron chi connectivity index (χ4n) is 1.59. The van der Waals surface area contributed by atoms with E-state index in [1.807, 2.05) is 37.2 Å². The third-order valence-corrected chi connectivity index (χ3v) is 2.56. The summed E-state index contributed by atoms with van der Waals surface area (Å²) < 4.78 is 0. The van der Waals surface area contributed by atoms with Gasteiger partial charge in [-0.15, -0.1) is 0 Å². The van der Waals surface area contributed by atoms with E-state index in [2.05, 4.69) is 9.97 Å². The minimum absolute atomic E-state index is 0.0582. The zero-order valence-corrected chi connectivity index (χ0v) is 10.9. The summed E-state index contributed by atoms with van der Waals surface area (Å²) in [5.74, 6) is -0.0582. The first-order chi connectivity index (χ1) is 9.16. The predicted octanol–water partition coefficient (Wildman–Crippen LogP) is 2.40. The van der Waals surface area contributed by atoms with Crippen molar-refractivity contribution in [2.24, 2.45) is 0 Å². The Hall–Kier alpha value is -2.49. The summed E-state index contributed by atoms with van der Waals surface area (Å²) in [6.07, 6.45) is 10.0. The third kappa shape index (κ3) is 3.48. The number of carbonyl (C=O) groups is 1. The van der Waals surface area contributed by atoms with Crippen molar-refractivity contribution >= 4 is 5.78 Å². The van der Waals surface area contributed by atoms with E-state index in [9.17, 15) is 4.79 Å².